The number of benzene rings is 1. The third-order valence-corrected chi connectivity index (χ3v) is 2.15. The molecule has 0 fully saturated rings. The van der Waals surface area contributed by atoms with Crippen molar-refractivity contribution in [3.63, 3.8) is 0 Å². The van der Waals surface area contributed by atoms with Crippen molar-refractivity contribution in [2.75, 3.05) is 7.11 Å². The topological polar surface area (TPSA) is 47.3 Å². The second-order valence-corrected chi connectivity index (χ2v) is 3.26. The molecule has 1 N–H and O–H groups in total. The highest BCUT2D eigenvalue weighted by Gasteiger charge is 2.04. The van der Waals surface area contributed by atoms with Crippen molar-refractivity contribution in [1.82, 2.24) is 9.78 Å². The molecule has 1 aromatic carbocycles. The van der Waals surface area contributed by atoms with E-state index in [1.165, 1.54) is 7.11 Å². The fourth-order valence-electron chi connectivity index (χ4n) is 1.38. The lowest BCUT2D eigenvalue weighted by Crippen LogP contribution is -1.95. The number of aromatic hydroxyl groups is 1. The summed E-state index contributed by atoms with van der Waals surface area (Å²) in [5.74, 6) is 0.575. The minimum Gasteiger partial charge on any atom is -0.504 e. The van der Waals surface area contributed by atoms with Gasteiger partial charge < -0.3 is 9.84 Å². The Balaban J connectivity index is 2.42. The number of aryl methyl sites for hydroxylation is 1. The van der Waals surface area contributed by atoms with Gasteiger partial charge in [0.05, 0.1) is 18.5 Å². The average Bonchev–Trinajstić information content (AvgIpc) is 2.65. The third kappa shape index (κ3) is 1.79. The van der Waals surface area contributed by atoms with Gasteiger partial charge in [0.2, 0.25) is 0 Å². The molecule has 0 unspecified atom stereocenters. The van der Waals surface area contributed by atoms with Crippen molar-refractivity contribution in [2.24, 2.45) is 0 Å². The van der Waals surface area contributed by atoms with Crippen LogP contribution in [0.2, 0.25) is 0 Å². The Hall–Kier alpha value is -1.97. The minimum atomic E-state index is 0.114. The molecule has 0 saturated carbocycles. The SMILES string of the molecule is COc1ccc(-n2ccc(C)n2)cc1O. The van der Waals surface area contributed by atoms with Crippen molar-refractivity contribution >= 4 is 0 Å². The molecule has 0 radical (unpaired) electrons. The molecule has 15 heavy (non-hydrogen) atoms. The van der Waals surface area contributed by atoms with Crippen LogP contribution >= 0.6 is 0 Å². The van der Waals surface area contributed by atoms with E-state index in [1.807, 2.05) is 25.3 Å². The first kappa shape index (κ1) is 9.58. The standard InChI is InChI=1S/C11H12N2O2/c1-8-5-6-13(12-8)9-3-4-11(15-2)10(14)7-9/h3-7,14H,1-2H3. The first-order valence-electron chi connectivity index (χ1n) is 4.60. The normalized spacial score (nSPS) is 10.3. The summed E-state index contributed by atoms with van der Waals surface area (Å²) in [7, 11) is 1.52. The van der Waals surface area contributed by atoms with Gasteiger partial charge in [-0.15, -0.1) is 0 Å². The molecule has 0 bridgehead atoms. The minimum absolute atomic E-state index is 0.114. The third-order valence-electron chi connectivity index (χ3n) is 2.15. The summed E-state index contributed by atoms with van der Waals surface area (Å²) >= 11 is 0. The van der Waals surface area contributed by atoms with Gasteiger partial charge in [-0.25, -0.2) is 4.68 Å². The summed E-state index contributed by atoms with van der Waals surface area (Å²) in [4.78, 5) is 0. The largest absolute Gasteiger partial charge is 0.504 e. The molecule has 0 spiro atoms. The van der Waals surface area contributed by atoms with E-state index in [1.54, 1.807) is 16.8 Å². The van der Waals surface area contributed by atoms with E-state index >= 15 is 0 Å². The zero-order chi connectivity index (χ0) is 10.8. The summed E-state index contributed by atoms with van der Waals surface area (Å²) in [5.41, 5.74) is 1.74. The molecule has 2 aromatic rings. The van der Waals surface area contributed by atoms with E-state index in [0.717, 1.165) is 11.4 Å². The maximum atomic E-state index is 9.59. The monoisotopic (exact) mass is 204 g/mol. The number of ether oxygens (including phenoxy) is 1. The molecule has 4 heteroatoms. The number of hydrogen-bond acceptors (Lipinski definition) is 3. The van der Waals surface area contributed by atoms with Crippen LogP contribution in [0.1, 0.15) is 5.69 Å². The molecule has 78 valence electrons. The summed E-state index contributed by atoms with van der Waals surface area (Å²) in [5, 5.41) is 13.8. The summed E-state index contributed by atoms with van der Waals surface area (Å²) < 4.78 is 6.66. The predicted octanol–water partition coefficient (Wildman–Crippen LogP) is 1.89. The van der Waals surface area contributed by atoms with Crippen LogP contribution < -0.4 is 4.74 Å². The Kier molecular flexibility index (Phi) is 2.33. The molecule has 4 nitrogen and oxygen atoms in total. The van der Waals surface area contributed by atoms with Crippen LogP contribution in [0.4, 0.5) is 0 Å². The van der Waals surface area contributed by atoms with Gasteiger partial charge in [0.25, 0.3) is 0 Å². The smallest absolute Gasteiger partial charge is 0.160 e. The Bertz CT molecular complexity index is 477. The van der Waals surface area contributed by atoms with Gasteiger partial charge in [-0.3, -0.25) is 0 Å². The van der Waals surface area contributed by atoms with Gasteiger partial charge in [0.15, 0.2) is 11.5 Å². The lowest BCUT2D eigenvalue weighted by atomic mass is 10.3. The van der Waals surface area contributed by atoms with Crippen LogP contribution in [-0.2, 0) is 0 Å². The van der Waals surface area contributed by atoms with Crippen molar-refractivity contribution < 1.29 is 9.84 Å². The number of phenols is 1. The van der Waals surface area contributed by atoms with Gasteiger partial charge >= 0.3 is 0 Å². The van der Waals surface area contributed by atoms with Crippen LogP contribution in [-0.4, -0.2) is 22.0 Å². The number of phenolic OH excluding ortho intramolecular Hbond substituents is 1. The van der Waals surface area contributed by atoms with Crippen LogP contribution in [0, 0.1) is 6.92 Å². The van der Waals surface area contributed by atoms with Crippen molar-refractivity contribution in [3.8, 4) is 17.2 Å². The van der Waals surface area contributed by atoms with Crippen LogP contribution in [0.25, 0.3) is 5.69 Å². The second-order valence-electron chi connectivity index (χ2n) is 3.26. The zero-order valence-corrected chi connectivity index (χ0v) is 8.64. The molecule has 2 rings (SSSR count). The van der Waals surface area contributed by atoms with E-state index in [9.17, 15) is 5.11 Å². The number of aromatic nitrogens is 2. The molecular formula is C11H12N2O2. The number of nitrogens with zero attached hydrogens (tertiary/aromatic N) is 2. The molecule has 0 aliphatic carbocycles. The van der Waals surface area contributed by atoms with Gasteiger partial charge in [0.1, 0.15) is 0 Å². The molecule has 0 saturated heterocycles. The summed E-state index contributed by atoms with van der Waals surface area (Å²) in [6.07, 6.45) is 1.84. The molecule has 1 aromatic heterocycles. The average molecular weight is 204 g/mol. The van der Waals surface area contributed by atoms with E-state index < -0.39 is 0 Å². The van der Waals surface area contributed by atoms with Gasteiger partial charge in [-0.05, 0) is 25.1 Å². The number of rotatable bonds is 2. The lowest BCUT2D eigenvalue weighted by molar-refractivity contribution is 0.373. The lowest BCUT2D eigenvalue weighted by Gasteiger charge is -2.05. The Morgan fingerprint density at radius 3 is 2.67 bits per heavy atom. The van der Waals surface area contributed by atoms with Crippen LogP contribution in [0.15, 0.2) is 30.5 Å². The number of methoxy groups -OCH3 is 1. The Labute approximate surface area is 87.7 Å². The summed E-state index contributed by atoms with van der Waals surface area (Å²) in [6, 6.07) is 7.07. The quantitative estimate of drug-likeness (QED) is 0.812. The van der Waals surface area contributed by atoms with E-state index in [4.69, 9.17) is 4.74 Å². The molecule has 0 aliphatic heterocycles. The summed E-state index contributed by atoms with van der Waals surface area (Å²) in [6.45, 7) is 1.92. The van der Waals surface area contributed by atoms with Gasteiger partial charge in [-0.2, -0.15) is 5.10 Å². The van der Waals surface area contributed by atoms with Crippen LogP contribution in [0.3, 0.4) is 0 Å². The second kappa shape index (κ2) is 3.65. The molecule has 0 atom stereocenters. The predicted molar refractivity (Wildman–Crippen MR) is 56.5 cm³/mol. The van der Waals surface area contributed by atoms with E-state index in [2.05, 4.69) is 5.10 Å². The van der Waals surface area contributed by atoms with E-state index in [-0.39, 0.29) is 5.75 Å². The van der Waals surface area contributed by atoms with Crippen molar-refractivity contribution in [1.29, 1.82) is 0 Å². The molecule has 0 amide bonds. The maximum absolute atomic E-state index is 9.59. The number of hydrogen-bond donors (Lipinski definition) is 1. The molecule has 0 aliphatic rings. The highest BCUT2D eigenvalue weighted by atomic mass is 16.5. The van der Waals surface area contributed by atoms with Gasteiger partial charge in [0, 0.05) is 12.3 Å². The Morgan fingerprint density at radius 1 is 1.33 bits per heavy atom. The van der Waals surface area contributed by atoms with Crippen molar-refractivity contribution in [3.05, 3.63) is 36.2 Å². The fraction of sp³-hybridized carbons (Fsp3) is 0.182. The van der Waals surface area contributed by atoms with Gasteiger partial charge in [-0.1, -0.05) is 0 Å². The zero-order valence-electron chi connectivity index (χ0n) is 8.64. The van der Waals surface area contributed by atoms with Crippen molar-refractivity contribution in [2.45, 2.75) is 6.92 Å². The fourth-order valence-corrected chi connectivity index (χ4v) is 1.38. The Morgan fingerprint density at radius 2 is 2.13 bits per heavy atom. The van der Waals surface area contributed by atoms with E-state index in [0.29, 0.717) is 5.75 Å². The molecular weight excluding hydrogens is 192 g/mol. The molecule has 1 heterocycles. The highest BCUT2D eigenvalue weighted by molar-refractivity contribution is 5.47. The first-order chi connectivity index (χ1) is 7.20. The first-order valence-corrected chi connectivity index (χ1v) is 4.60. The van der Waals surface area contributed by atoms with Crippen LogP contribution in [0.5, 0.6) is 11.5 Å². The maximum Gasteiger partial charge on any atom is 0.160 e. The highest BCUT2D eigenvalue weighted by Crippen LogP contribution is 2.27.